The average molecular weight is 408 g/mol. The second-order valence-electron chi connectivity index (χ2n) is 6.50. The highest BCUT2D eigenvalue weighted by molar-refractivity contribution is 5.99. The van der Waals surface area contributed by atoms with Gasteiger partial charge in [0.1, 0.15) is 0 Å². The zero-order valence-corrected chi connectivity index (χ0v) is 15.7. The number of rotatable bonds is 5. The number of carbonyl (C=O) groups is 2. The monoisotopic (exact) mass is 408 g/mol. The average Bonchev–Trinajstić information content (AvgIpc) is 3.06. The fraction of sp³-hybridized carbons (Fsp3) is 0.300. The highest BCUT2D eigenvalue weighted by atomic mass is 19.4. The van der Waals surface area contributed by atoms with Gasteiger partial charge in [0.15, 0.2) is 11.5 Å². The SMILES string of the molecule is COc1ccc(N2CC(NC(=O)c3cccc(C(F)(F)F)c3)CC2=O)cc1OC. The number of nitrogens with zero attached hydrogens (tertiary/aromatic N) is 1. The highest BCUT2D eigenvalue weighted by Crippen LogP contribution is 2.33. The maximum absolute atomic E-state index is 12.8. The molecule has 1 unspecified atom stereocenters. The largest absolute Gasteiger partial charge is 0.493 e. The summed E-state index contributed by atoms with van der Waals surface area (Å²) in [5.74, 6) is 0.0844. The maximum Gasteiger partial charge on any atom is 0.416 e. The molecule has 0 aliphatic carbocycles. The van der Waals surface area contributed by atoms with Crippen molar-refractivity contribution in [3.05, 3.63) is 53.6 Å². The second-order valence-corrected chi connectivity index (χ2v) is 6.50. The standard InChI is InChI=1S/C20H19F3N2O4/c1-28-16-7-6-15(10-17(16)29-2)25-11-14(9-18(25)26)24-19(27)12-4-3-5-13(8-12)20(21,22)23/h3-8,10,14H,9,11H2,1-2H3,(H,24,27). The summed E-state index contributed by atoms with van der Waals surface area (Å²) in [7, 11) is 2.98. The molecule has 0 aromatic heterocycles. The first-order valence-corrected chi connectivity index (χ1v) is 8.73. The second kappa shape index (κ2) is 8.02. The molecule has 3 rings (SSSR count). The number of anilines is 1. The van der Waals surface area contributed by atoms with Gasteiger partial charge in [0.2, 0.25) is 5.91 Å². The number of halogens is 3. The smallest absolute Gasteiger partial charge is 0.416 e. The first-order chi connectivity index (χ1) is 13.7. The van der Waals surface area contributed by atoms with Crippen LogP contribution in [0.3, 0.4) is 0 Å². The van der Waals surface area contributed by atoms with E-state index in [-0.39, 0.29) is 24.4 Å². The number of methoxy groups -OCH3 is 2. The van der Waals surface area contributed by atoms with Gasteiger partial charge in [-0.25, -0.2) is 0 Å². The zero-order valence-electron chi connectivity index (χ0n) is 15.7. The number of hydrogen-bond donors (Lipinski definition) is 1. The Morgan fingerprint density at radius 3 is 2.48 bits per heavy atom. The van der Waals surface area contributed by atoms with E-state index in [4.69, 9.17) is 9.47 Å². The van der Waals surface area contributed by atoms with E-state index in [1.54, 1.807) is 18.2 Å². The summed E-state index contributed by atoms with van der Waals surface area (Å²) >= 11 is 0. The lowest BCUT2D eigenvalue weighted by Gasteiger charge is -2.19. The van der Waals surface area contributed by atoms with Crippen molar-refractivity contribution < 1.29 is 32.2 Å². The van der Waals surface area contributed by atoms with E-state index >= 15 is 0 Å². The van der Waals surface area contributed by atoms with Gasteiger partial charge in [-0.05, 0) is 30.3 Å². The number of benzene rings is 2. The molecule has 1 N–H and O–H groups in total. The van der Waals surface area contributed by atoms with Crippen molar-refractivity contribution in [1.29, 1.82) is 0 Å². The van der Waals surface area contributed by atoms with Crippen LogP contribution >= 0.6 is 0 Å². The van der Waals surface area contributed by atoms with Crippen molar-refractivity contribution in [2.75, 3.05) is 25.7 Å². The molecule has 6 nitrogen and oxygen atoms in total. The summed E-state index contributed by atoms with van der Waals surface area (Å²) in [6.45, 7) is 0.193. The quantitative estimate of drug-likeness (QED) is 0.825. The van der Waals surface area contributed by atoms with E-state index in [0.29, 0.717) is 17.2 Å². The number of ether oxygens (including phenoxy) is 2. The van der Waals surface area contributed by atoms with E-state index in [1.807, 2.05) is 0 Å². The van der Waals surface area contributed by atoms with Crippen molar-refractivity contribution in [3.63, 3.8) is 0 Å². The van der Waals surface area contributed by atoms with Gasteiger partial charge in [-0.15, -0.1) is 0 Å². The Morgan fingerprint density at radius 1 is 1.10 bits per heavy atom. The van der Waals surface area contributed by atoms with Gasteiger partial charge >= 0.3 is 6.18 Å². The van der Waals surface area contributed by atoms with Crippen LogP contribution in [0.1, 0.15) is 22.3 Å². The molecule has 9 heteroatoms. The maximum atomic E-state index is 12.8. The van der Waals surface area contributed by atoms with Crippen LogP contribution < -0.4 is 19.7 Å². The third-order valence-corrected chi connectivity index (χ3v) is 4.59. The molecule has 0 saturated carbocycles. The van der Waals surface area contributed by atoms with Crippen molar-refractivity contribution in [1.82, 2.24) is 5.32 Å². The van der Waals surface area contributed by atoms with Crippen LogP contribution in [0.4, 0.5) is 18.9 Å². The molecule has 1 saturated heterocycles. The minimum Gasteiger partial charge on any atom is -0.493 e. The Hall–Kier alpha value is -3.23. The normalized spacial score (nSPS) is 16.7. The first kappa shape index (κ1) is 20.5. The topological polar surface area (TPSA) is 67.9 Å². The van der Waals surface area contributed by atoms with E-state index in [2.05, 4.69) is 5.32 Å². The molecular formula is C20H19F3N2O4. The van der Waals surface area contributed by atoms with Crippen LogP contribution in [0.25, 0.3) is 0 Å². The van der Waals surface area contributed by atoms with Crippen LogP contribution in [0, 0.1) is 0 Å². The first-order valence-electron chi connectivity index (χ1n) is 8.73. The Morgan fingerprint density at radius 2 is 1.83 bits per heavy atom. The molecule has 2 amide bonds. The van der Waals surface area contributed by atoms with Crippen LogP contribution in [0.15, 0.2) is 42.5 Å². The zero-order chi connectivity index (χ0) is 21.2. The van der Waals surface area contributed by atoms with Crippen LogP contribution in [-0.2, 0) is 11.0 Å². The lowest BCUT2D eigenvalue weighted by molar-refractivity contribution is -0.137. The van der Waals surface area contributed by atoms with Gasteiger partial charge in [-0.3, -0.25) is 9.59 Å². The molecule has 2 aromatic carbocycles. The predicted molar refractivity (Wildman–Crippen MR) is 99.2 cm³/mol. The molecule has 0 bridgehead atoms. The molecule has 29 heavy (non-hydrogen) atoms. The van der Waals surface area contributed by atoms with Crippen LogP contribution in [-0.4, -0.2) is 38.6 Å². The lowest BCUT2D eigenvalue weighted by Crippen LogP contribution is -2.37. The van der Waals surface area contributed by atoms with E-state index in [1.165, 1.54) is 31.3 Å². The number of alkyl halides is 3. The summed E-state index contributed by atoms with van der Waals surface area (Å²) in [5, 5.41) is 2.63. The molecule has 1 aliphatic rings. The van der Waals surface area contributed by atoms with Crippen molar-refractivity contribution >= 4 is 17.5 Å². The van der Waals surface area contributed by atoms with Crippen molar-refractivity contribution in [2.45, 2.75) is 18.6 Å². The summed E-state index contributed by atoms with van der Waals surface area (Å²) in [5.41, 5.74) is -0.445. The Labute approximate surface area is 165 Å². The van der Waals surface area contributed by atoms with Crippen molar-refractivity contribution in [2.24, 2.45) is 0 Å². The molecule has 154 valence electrons. The Balaban J connectivity index is 1.72. The predicted octanol–water partition coefficient (Wildman–Crippen LogP) is 3.26. The van der Waals surface area contributed by atoms with E-state index < -0.39 is 23.7 Å². The van der Waals surface area contributed by atoms with Gasteiger partial charge < -0.3 is 19.7 Å². The Bertz CT molecular complexity index is 930. The molecule has 1 atom stereocenters. The summed E-state index contributed by atoms with van der Waals surface area (Å²) in [6, 6.07) is 8.63. The fourth-order valence-corrected chi connectivity index (χ4v) is 3.15. The van der Waals surface area contributed by atoms with Gasteiger partial charge in [0, 0.05) is 30.3 Å². The van der Waals surface area contributed by atoms with Gasteiger partial charge in [-0.1, -0.05) is 6.07 Å². The molecule has 0 radical (unpaired) electrons. The molecular weight excluding hydrogens is 389 g/mol. The Kier molecular flexibility index (Phi) is 5.67. The number of hydrogen-bond acceptors (Lipinski definition) is 4. The van der Waals surface area contributed by atoms with Crippen LogP contribution in [0.5, 0.6) is 11.5 Å². The van der Waals surface area contributed by atoms with E-state index in [9.17, 15) is 22.8 Å². The molecule has 2 aromatic rings. The molecule has 1 aliphatic heterocycles. The fourth-order valence-electron chi connectivity index (χ4n) is 3.15. The van der Waals surface area contributed by atoms with Gasteiger partial charge in [0.05, 0.1) is 25.8 Å². The van der Waals surface area contributed by atoms with Gasteiger partial charge in [-0.2, -0.15) is 13.2 Å². The minimum atomic E-state index is -4.54. The molecule has 1 heterocycles. The number of amides is 2. The summed E-state index contributed by atoms with van der Waals surface area (Å²) < 4.78 is 48.9. The summed E-state index contributed by atoms with van der Waals surface area (Å²) in [6.07, 6.45) is -4.50. The third kappa shape index (κ3) is 4.44. The van der Waals surface area contributed by atoms with Crippen molar-refractivity contribution in [3.8, 4) is 11.5 Å². The molecule has 0 spiro atoms. The third-order valence-electron chi connectivity index (χ3n) is 4.59. The summed E-state index contributed by atoms with van der Waals surface area (Å²) in [4.78, 5) is 26.3. The number of carbonyl (C=O) groups excluding carboxylic acids is 2. The molecule has 1 fully saturated rings. The highest BCUT2D eigenvalue weighted by Gasteiger charge is 2.33. The van der Waals surface area contributed by atoms with Crippen LogP contribution in [0.2, 0.25) is 0 Å². The number of nitrogens with one attached hydrogen (secondary N) is 1. The van der Waals surface area contributed by atoms with Gasteiger partial charge in [0.25, 0.3) is 5.91 Å². The minimum absolute atomic E-state index is 0.0407. The lowest BCUT2D eigenvalue weighted by atomic mass is 10.1. The van der Waals surface area contributed by atoms with E-state index in [0.717, 1.165) is 12.1 Å².